The molecule has 0 amide bonds. The molecule has 0 saturated carbocycles. The van der Waals surface area contributed by atoms with E-state index in [2.05, 4.69) is 5.32 Å². The number of aliphatic carboxylic acids is 1. The van der Waals surface area contributed by atoms with Gasteiger partial charge in [0, 0.05) is 30.2 Å². The van der Waals surface area contributed by atoms with Crippen molar-refractivity contribution >= 4 is 23.0 Å². The molecular formula is C25H28N4O4. The molecule has 172 valence electrons. The predicted octanol–water partition coefficient (Wildman–Crippen LogP) is 3.60. The number of carbonyl (C=O) groups is 1. The number of hydrogen-bond donors (Lipinski definition) is 3. The Morgan fingerprint density at radius 3 is 2.36 bits per heavy atom. The lowest BCUT2D eigenvalue weighted by atomic mass is 10.1. The first-order valence-electron chi connectivity index (χ1n) is 10.6. The SMILES string of the molecule is COc1cccc(OC)c1CN1Cc2ccc(Nc3ccccc3)cc2N(CC(=O)O)C1N. The molecule has 3 aromatic carbocycles. The van der Waals surface area contributed by atoms with E-state index in [-0.39, 0.29) is 6.54 Å². The molecule has 8 heteroatoms. The Morgan fingerprint density at radius 1 is 1.03 bits per heavy atom. The van der Waals surface area contributed by atoms with Gasteiger partial charge in [-0.1, -0.05) is 30.3 Å². The summed E-state index contributed by atoms with van der Waals surface area (Å²) in [6.07, 6.45) is -0.643. The lowest BCUT2D eigenvalue weighted by Crippen LogP contribution is -2.58. The van der Waals surface area contributed by atoms with Crippen molar-refractivity contribution in [2.24, 2.45) is 5.73 Å². The molecular weight excluding hydrogens is 420 g/mol. The Kier molecular flexibility index (Phi) is 6.67. The van der Waals surface area contributed by atoms with Crippen LogP contribution in [0.3, 0.4) is 0 Å². The molecule has 4 N–H and O–H groups in total. The van der Waals surface area contributed by atoms with E-state index in [4.69, 9.17) is 15.2 Å². The molecule has 0 radical (unpaired) electrons. The minimum atomic E-state index is -0.949. The van der Waals surface area contributed by atoms with Crippen molar-refractivity contribution in [3.8, 4) is 11.5 Å². The monoisotopic (exact) mass is 448 g/mol. The van der Waals surface area contributed by atoms with Gasteiger partial charge in [-0.05, 0) is 42.0 Å². The van der Waals surface area contributed by atoms with Crippen LogP contribution in [-0.4, -0.2) is 43.0 Å². The number of nitrogens with one attached hydrogen (secondary N) is 1. The van der Waals surface area contributed by atoms with Crippen molar-refractivity contribution in [1.82, 2.24) is 4.90 Å². The quantitative estimate of drug-likeness (QED) is 0.481. The maximum Gasteiger partial charge on any atom is 0.323 e. The van der Waals surface area contributed by atoms with Gasteiger partial charge in [-0.3, -0.25) is 15.4 Å². The van der Waals surface area contributed by atoms with Crippen LogP contribution in [0.15, 0.2) is 66.7 Å². The molecule has 0 saturated heterocycles. The van der Waals surface area contributed by atoms with E-state index >= 15 is 0 Å². The highest BCUT2D eigenvalue weighted by Crippen LogP contribution is 2.36. The fraction of sp³-hybridized carbons (Fsp3) is 0.240. The number of methoxy groups -OCH3 is 2. The van der Waals surface area contributed by atoms with E-state index in [1.165, 1.54) is 0 Å². The number of anilines is 3. The minimum absolute atomic E-state index is 0.220. The number of nitrogens with two attached hydrogens (primary N) is 1. The molecule has 0 spiro atoms. The summed E-state index contributed by atoms with van der Waals surface area (Å²) in [4.78, 5) is 15.4. The lowest BCUT2D eigenvalue weighted by molar-refractivity contribution is -0.135. The second kappa shape index (κ2) is 9.81. The molecule has 1 heterocycles. The standard InChI is InChI=1S/C25H28N4O4/c1-32-22-9-6-10-23(33-2)20(22)15-28-14-17-11-12-19(27-18-7-4-3-5-8-18)13-21(17)29(25(28)26)16-24(30)31/h3-13,25,27H,14-16,26H2,1-2H3,(H,30,31). The maximum absolute atomic E-state index is 11.7. The minimum Gasteiger partial charge on any atom is -0.496 e. The lowest BCUT2D eigenvalue weighted by Gasteiger charge is -2.43. The summed E-state index contributed by atoms with van der Waals surface area (Å²) in [5.41, 5.74) is 11.1. The van der Waals surface area contributed by atoms with E-state index in [0.29, 0.717) is 24.6 Å². The molecule has 1 aliphatic heterocycles. The number of carboxylic acids is 1. The van der Waals surface area contributed by atoms with Crippen LogP contribution in [0.4, 0.5) is 17.1 Å². The largest absolute Gasteiger partial charge is 0.496 e. The van der Waals surface area contributed by atoms with Crippen LogP contribution < -0.4 is 25.4 Å². The number of fused-ring (bicyclic) bond motifs is 1. The summed E-state index contributed by atoms with van der Waals surface area (Å²) in [7, 11) is 3.23. The molecule has 0 fully saturated rings. The molecule has 0 aliphatic carbocycles. The van der Waals surface area contributed by atoms with Gasteiger partial charge < -0.3 is 24.8 Å². The number of nitrogens with zero attached hydrogens (tertiary/aromatic N) is 2. The Bertz CT molecular complexity index is 1100. The van der Waals surface area contributed by atoms with Crippen molar-refractivity contribution < 1.29 is 19.4 Å². The average Bonchev–Trinajstić information content (AvgIpc) is 2.82. The first-order valence-corrected chi connectivity index (χ1v) is 10.6. The summed E-state index contributed by atoms with van der Waals surface area (Å²) in [5, 5.41) is 12.9. The molecule has 0 bridgehead atoms. The smallest absolute Gasteiger partial charge is 0.323 e. The van der Waals surface area contributed by atoms with Crippen LogP contribution >= 0.6 is 0 Å². The molecule has 1 atom stereocenters. The average molecular weight is 449 g/mol. The van der Waals surface area contributed by atoms with Crippen LogP contribution in [0.1, 0.15) is 11.1 Å². The highest BCUT2D eigenvalue weighted by Gasteiger charge is 2.32. The Labute approximate surface area is 193 Å². The topological polar surface area (TPSA) is 100 Å². The summed E-state index contributed by atoms with van der Waals surface area (Å²) < 4.78 is 11.1. The highest BCUT2D eigenvalue weighted by molar-refractivity contribution is 5.77. The Balaban J connectivity index is 1.66. The van der Waals surface area contributed by atoms with Gasteiger partial charge in [0.05, 0.1) is 19.8 Å². The number of para-hydroxylation sites is 1. The van der Waals surface area contributed by atoms with Crippen LogP contribution in [0.25, 0.3) is 0 Å². The fourth-order valence-corrected chi connectivity index (χ4v) is 4.14. The molecule has 1 unspecified atom stereocenters. The van der Waals surface area contributed by atoms with Crippen molar-refractivity contribution in [2.45, 2.75) is 19.4 Å². The molecule has 3 aromatic rings. The van der Waals surface area contributed by atoms with E-state index in [1.54, 1.807) is 19.1 Å². The molecule has 1 aliphatic rings. The predicted molar refractivity (Wildman–Crippen MR) is 128 cm³/mol. The second-order valence-corrected chi connectivity index (χ2v) is 7.82. The van der Waals surface area contributed by atoms with Crippen LogP contribution in [0, 0.1) is 0 Å². The summed E-state index contributed by atoms with van der Waals surface area (Å²) in [6, 6.07) is 21.4. The number of rotatable bonds is 8. The molecule has 33 heavy (non-hydrogen) atoms. The van der Waals surface area contributed by atoms with Gasteiger partial charge in [-0.2, -0.15) is 0 Å². The number of ether oxygens (including phenoxy) is 2. The third-order valence-corrected chi connectivity index (χ3v) is 5.72. The first-order chi connectivity index (χ1) is 16.0. The zero-order chi connectivity index (χ0) is 23.4. The van der Waals surface area contributed by atoms with Crippen LogP contribution in [0.5, 0.6) is 11.5 Å². The van der Waals surface area contributed by atoms with Gasteiger partial charge in [0.2, 0.25) is 0 Å². The van der Waals surface area contributed by atoms with Crippen LogP contribution in [-0.2, 0) is 17.9 Å². The zero-order valence-electron chi connectivity index (χ0n) is 18.7. The van der Waals surface area contributed by atoms with Gasteiger partial charge in [0.15, 0.2) is 0 Å². The van der Waals surface area contributed by atoms with Crippen molar-refractivity contribution in [1.29, 1.82) is 0 Å². The maximum atomic E-state index is 11.7. The first kappa shape index (κ1) is 22.4. The second-order valence-electron chi connectivity index (χ2n) is 7.82. The molecule has 4 rings (SSSR count). The Hall–Kier alpha value is -3.75. The van der Waals surface area contributed by atoms with Gasteiger partial charge >= 0.3 is 5.97 Å². The van der Waals surface area contributed by atoms with E-state index in [0.717, 1.165) is 28.2 Å². The fourth-order valence-electron chi connectivity index (χ4n) is 4.14. The third kappa shape index (κ3) is 4.87. The van der Waals surface area contributed by atoms with Gasteiger partial charge in [-0.15, -0.1) is 0 Å². The van der Waals surface area contributed by atoms with Gasteiger partial charge in [-0.25, -0.2) is 0 Å². The van der Waals surface area contributed by atoms with E-state index < -0.39 is 12.3 Å². The van der Waals surface area contributed by atoms with Gasteiger partial charge in [0.1, 0.15) is 24.3 Å². The highest BCUT2D eigenvalue weighted by atomic mass is 16.5. The summed E-state index contributed by atoms with van der Waals surface area (Å²) >= 11 is 0. The van der Waals surface area contributed by atoms with Crippen molar-refractivity contribution in [2.75, 3.05) is 31.0 Å². The van der Waals surface area contributed by atoms with Crippen molar-refractivity contribution in [3.63, 3.8) is 0 Å². The summed E-state index contributed by atoms with van der Waals surface area (Å²) in [5.74, 6) is 0.439. The van der Waals surface area contributed by atoms with Crippen molar-refractivity contribution in [3.05, 3.63) is 77.9 Å². The van der Waals surface area contributed by atoms with Crippen LogP contribution in [0.2, 0.25) is 0 Å². The number of carboxylic acid groups (broad SMARTS) is 1. The van der Waals surface area contributed by atoms with E-state index in [9.17, 15) is 9.90 Å². The molecule has 0 aromatic heterocycles. The normalized spacial score (nSPS) is 15.6. The number of hydrogen-bond acceptors (Lipinski definition) is 7. The summed E-state index contributed by atoms with van der Waals surface area (Å²) in [6.45, 7) is 0.774. The zero-order valence-corrected chi connectivity index (χ0v) is 18.7. The van der Waals surface area contributed by atoms with E-state index in [1.807, 2.05) is 71.6 Å². The number of benzene rings is 3. The molecule has 8 nitrogen and oxygen atoms in total. The van der Waals surface area contributed by atoms with Gasteiger partial charge in [0.25, 0.3) is 0 Å². The Morgan fingerprint density at radius 2 is 1.73 bits per heavy atom. The third-order valence-electron chi connectivity index (χ3n) is 5.72.